The van der Waals surface area contributed by atoms with E-state index in [1.54, 1.807) is 0 Å². The first-order valence-corrected chi connectivity index (χ1v) is 5.98. The molecule has 106 valence electrons. The highest BCUT2D eigenvalue weighted by molar-refractivity contribution is 5.82. The van der Waals surface area contributed by atoms with Crippen molar-refractivity contribution in [3.05, 3.63) is 0 Å². The van der Waals surface area contributed by atoms with Crippen molar-refractivity contribution in [2.45, 2.75) is 33.2 Å². The highest BCUT2D eigenvalue weighted by atomic mass is 16.5. The van der Waals surface area contributed by atoms with Crippen molar-refractivity contribution in [1.82, 2.24) is 10.6 Å². The standard InChI is InChI=1S/C12H24N2O4/c1-12(2,3)11(17)13-6-5-10(16)14-9(7-15)8-18-4/h9,15H,5-8H2,1-4H3,(H,13,17)(H,14,16). The summed E-state index contributed by atoms with van der Waals surface area (Å²) in [6.07, 6.45) is 0.183. The van der Waals surface area contributed by atoms with Crippen molar-refractivity contribution >= 4 is 11.8 Å². The number of hydrogen-bond donors (Lipinski definition) is 3. The van der Waals surface area contributed by atoms with Gasteiger partial charge in [-0.3, -0.25) is 9.59 Å². The van der Waals surface area contributed by atoms with Crippen LogP contribution in [-0.2, 0) is 14.3 Å². The smallest absolute Gasteiger partial charge is 0.225 e. The molecule has 18 heavy (non-hydrogen) atoms. The van der Waals surface area contributed by atoms with Gasteiger partial charge in [0.15, 0.2) is 0 Å². The molecule has 0 saturated carbocycles. The topological polar surface area (TPSA) is 87.7 Å². The van der Waals surface area contributed by atoms with Gasteiger partial charge in [0.2, 0.25) is 11.8 Å². The second kappa shape index (κ2) is 8.05. The van der Waals surface area contributed by atoms with Crippen LogP contribution in [0.3, 0.4) is 0 Å². The summed E-state index contributed by atoms with van der Waals surface area (Å²) < 4.78 is 4.84. The molecule has 0 saturated heterocycles. The van der Waals surface area contributed by atoms with E-state index in [1.807, 2.05) is 20.8 Å². The van der Waals surface area contributed by atoms with Crippen LogP contribution in [0.15, 0.2) is 0 Å². The monoisotopic (exact) mass is 260 g/mol. The van der Waals surface area contributed by atoms with E-state index < -0.39 is 11.5 Å². The van der Waals surface area contributed by atoms with Gasteiger partial charge in [0.25, 0.3) is 0 Å². The first-order chi connectivity index (χ1) is 8.31. The zero-order valence-electron chi connectivity index (χ0n) is 11.6. The Kier molecular flexibility index (Phi) is 7.54. The number of hydrogen-bond acceptors (Lipinski definition) is 4. The summed E-state index contributed by atoms with van der Waals surface area (Å²) in [5.74, 6) is -0.314. The van der Waals surface area contributed by atoms with E-state index in [0.29, 0.717) is 0 Å². The van der Waals surface area contributed by atoms with Crippen LogP contribution < -0.4 is 10.6 Å². The van der Waals surface area contributed by atoms with Crippen molar-refractivity contribution in [1.29, 1.82) is 0 Å². The molecular formula is C12H24N2O4. The first-order valence-electron chi connectivity index (χ1n) is 5.98. The van der Waals surface area contributed by atoms with Crippen LogP contribution in [0.1, 0.15) is 27.2 Å². The van der Waals surface area contributed by atoms with Gasteiger partial charge in [0.1, 0.15) is 0 Å². The lowest BCUT2D eigenvalue weighted by atomic mass is 9.96. The van der Waals surface area contributed by atoms with Gasteiger partial charge in [-0.25, -0.2) is 0 Å². The number of rotatable bonds is 7. The Hall–Kier alpha value is -1.14. The van der Waals surface area contributed by atoms with E-state index in [-0.39, 0.29) is 38.0 Å². The number of methoxy groups -OCH3 is 1. The average molecular weight is 260 g/mol. The lowest BCUT2D eigenvalue weighted by Crippen LogP contribution is -2.42. The van der Waals surface area contributed by atoms with Gasteiger partial charge in [-0.2, -0.15) is 0 Å². The molecule has 3 N–H and O–H groups in total. The third-order valence-corrected chi connectivity index (χ3v) is 2.27. The number of nitrogens with one attached hydrogen (secondary N) is 2. The second-order valence-electron chi connectivity index (χ2n) is 5.16. The molecule has 1 atom stereocenters. The lowest BCUT2D eigenvalue weighted by Gasteiger charge is -2.18. The minimum atomic E-state index is -0.458. The molecule has 0 bridgehead atoms. The van der Waals surface area contributed by atoms with Crippen LogP contribution in [0.25, 0.3) is 0 Å². The normalized spacial score (nSPS) is 12.9. The van der Waals surface area contributed by atoms with Gasteiger partial charge in [-0.1, -0.05) is 20.8 Å². The molecule has 0 aromatic rings. The summed E-state index contributed by atoms with van der Waals surface area (Å²) in [5, 5.41) is 14.3. The van der Waals surface area contributed by atoms with E-state index in [2.05, 4.69) is 10.6 Å². The van der Waals surface area contributed by atoms with Crippen LogP contribution in [0, 0.1) is 5.41 Å². The fourth-order valence-electron chi connectivity index (χ4n) is 1.20. The summed E-state index contributed by atoms with van der Waals surface area (Å²) in [4.78, 5) is 23.0. The van der Waals surface area contributed by atoms with Gasteiger partial charge in [0.05, 0.1) is 19.3 Å². The van der Waals surface area contributed by atoms with E-state index in [1.165, 1.54) is 7.11 Å². The molecule has 0 spiro atoms. The summed E-state index contributed by atoms with van der Waals surface area (Å²) >= 11 is 0. The highest BCUT2D eigenvalue weighted by Crippen LogP contribution is 2.11. The molecule has 0 aromatic carbocycles. The minimum absolute atomic E-state index is 0.0918. The second-order valence-corrected chi connectivity index (χ2v) is 5.16. The van der Waals surface area contributed by atoms with Crippen LogP contribution in [-0.4, -0.2) is 49.8 Å². The van der Waals surface area contributed by atoms with Gasteiger partial charge < -0.3 is 20.5 Å². The Bertz CT molecular complexity index is 274. The third kappa shape index (κ3) is 7.24. The maximum absolute atomic E-state index is 11.5. The van der Waals surface area contributed by atoms with E-state index in [0.717, 1.165) is 0 Å². The van der Waals surface area contributed by atoms with Gasteiger partial charge in [-0.05, 0) is 0 Å². The van der Waals surface area contributed by atoms with Crippen molar-refractivity contribution in [2.24, 2.45) is 5.41 Å². The summed E-state index contributed by atoms with van der Waals surface area (Å²) in [7, 11) is 1.50. The molecule has 0 radical (unpaired) electrons. The van der Waals surface area contributed by atoms with E-state index >= 15 is 0 Å². The van der Waals surface area contributed by atoms with Crippen LogP contribution in [0.2, 0.25) is 0 Å². The molecule has 6 nitrogen and oxygen atoms in total. The lowest BCUT2D eigenvalue weighted by molar-refractivity contribution is -0.128. The van der Waals surface area contributed by atoms with Crippen LogP contribution in [0.5, 0.6) is 0 Å². The predicted octanol–water partition coefficient (Wildman–Crippen LogP) is -0.338. The van der Waals surface area contributed by atoms with Gasteiger partial charge >= 0.3 is 0 Å². The van der Waals surface area contributed by atoms with Gasteiger partial charge in [-0.15, -0.1) is 0 Å². The number of aliphatic hydroxyl groups excluding tert-OH is 1. The average Bonchev–Trinajstić information content (AvgIpc) is 2.27. The Labute approximate surface area is 108 Å². The van der Waals surface area contributed by atoms with E-state index in [4.69, 9.17) is 9.84 Å². The quantitative estimate of drug-likeness (QED) is 0.584. The zero-order chi connectivity index (χ0) is 14.2. The number of aliphatic hydroxyl groups is 1. The largest absolute Gasteiger partial charge is 0.394 e. The summed E-state index contributed by atoms with van der Waals surface area (Å²) in [6.45, 7) is 5.80. The fraction of sp³-hybridized carbons (Fsp3) is 0.833. The predicted molar refractivity (Wildman–Crippen MR) is 68.0 cm³/mol. The molecule has 2 amide bonds. The molecule has 1 unspecified atom stereocenters. The molecule has 0 rings (SSSR count). The molecule has 0 aromatic heterocycles. The molecule has 0 aliphatic carbocycles. The SMILES string of the molecule is COCC(CO)NC(=O)CCNC(=O)C(C)(C)C. The number of amides is 2. The molecule has 0 aliphatic rings. The van der Waals surface area contributed by atoms with Crippen molar-refractivity contribution in [2.75, 3.05) is 26.9 Å². The molecule has 6 heteroatoms. The number of ether oxygens (including phenoxy) is 1. The first kappa shape index (κ1) is 16.9. The van der Waals surface area contributed by atoms with Crippen molar-refractivity contribution in [3.8, 4) is 0 Å². The number of carbonyl (C=O) groups is 2. The molecule has 0 fully saturated rings. The van der Waals surface area contributed by atoms with Crippen molar-refractivity contribution < 1.29 is 19.4 Å². The summed E-state index contributed by atoms with van der Waals surface area (Å²) in [5.41, 5.74) is -0.458. The third-order valence-electron chi connectivity index (χ3n) is 2.27. The van der Waals surface area contributed by atoms with Crippen molar-refractivity contribution in [3.63, 3.8) is 0 Å². The zero-order valence-corrected chi connectivity index (χ0v) is 11.6. The maximum Gasteiger partial charge on any atom is 0.225 e. The maximum atomic E-state index is 11.5. The van der Waals surface area contributed by atoms with Crippen LogP contribution >= 0.6 is 0 Å². The molecule has 0 heterocycles. The Morgan fingerprint density at radius 2 is 1.94 bits per heavy atom. The van der Waals surface area contributed by atoms with E-state index in [9.17, 15) is 9.59 Å². The number of carbonyl (C=O) groups excluding carboxylic acids is 2. The minimum Gasteiger partial charge on any atom is -0.394 e. The van der Waals surface area contributed by atoms with Gasteiger partial charge in [0, 0.05) is 25.5 Å². The summed E-state index contributed by atoms with van der Waals surface area (Å²) in [6, 6.07) is -0.402. The fourth-order valence-corrected chi connectivity index (χ4v) is 1.20. The molecular weight excluding hydrogens is 236 g/mol. The Morgan fingerprint density at radius 3 is 2.39 bits per heavy atom. The molecule has 0 aliphatic heterocycles. The highest BCUT2D eigenvalue weighted by Gasteiger charge is 2.20. The van der Waals surface area contributed by atoms with Crippen LogP contribution in [0.4, 0.5) is 0 Å². The Morgan fingerprint density at radius 1 is 1.33 bits per heavy atom. The Balaban J connectivity index is 3.87.